The van der Waals surface area contributed by atoms with Crippen molar-refractivity contribution in [1.82, 2.24) is 15.0 Å². The number of ether oxygens (including phenoxy) is 1. The normalized spacial score (nSPS) is 22.5. The van der Waals surface area contributed by atoms with Crippen LogP contribution in [0.3, 0.4) is 0 Å². The van der Waals surface area contributed by atoms with Crippen LogP contribution in [0.2, 0.25) is 0 Å². The van der Waals surface area contributed by atoms with Crippen molar-refractivity contribution >= 4 is 11.5 Å². The zero-order valence-corrected chi connectivity index (χ0v) is 19.5. The Labute approximate surface area is 198 Å². The van der Waals surface area contributed by atoms with Crippen LogP contribution < -0.4 is 20.7 Å². The van der Waals surface area contributed by atoms with E-state index in [1.54, 1.807) is 18.3 Å². The second-order valence-corrected chi connectivity index (χ2v) is 9.70. The van der Waals surface area contributed by atoms with Crippen molar-refractivity contribution < 1.29 is 9.13 Å². The Balaban J connectivity index is 1.44. The van der Waals surface area contributed by atoms with E-state index in [-0.39, 0.29) is 5.82 Å². The van der Waals surface area contributed by atoms with E-state index >= 15 is 0 Å². The van der Waals surface area contributed by atoms with Crippen molar-refractivity contribution in [1.29, 1.82) is 0 Å². The van der Waals surface area contributed by atoms with Crippen LogP contribution in [0.4, 0.5) is 15.9 Å². The minimum atomic E-state index is -0.269. The van der Waals surface area contributed by atoms with Gasteiger partial charge in [0.2, 0.25) is 0 Å². The Bertz CT molecular complexity index is 1250. The first-order valence-electron chi connectivity index (χ1n) is 12.0. The number of aryl methyl sites for hydroxylation is 1. The minimum absolute atomic E-state index is 0.269. The third-order valence-corrected chi connectivity index (χ3v) is 7.74. The molecule has 0 amide bonds. The van der Waals surface area contributed by atoms with E-state index in [1.165, 1.54) is 12.8 Å². The molecule has 2 aromatic heterocycles. The number of hydrogen-bond donors (Lipinski definition) is 2. The number of benzene rings is 1. The fraction of sp³-hybridized carbons (Fsp3) is 0.423. The van der Waals surface area contributed by atoms with Crippen molar-refractivity contribution in [3.05, 3.63) is 53.2 Å². The van der Waals surface area contributed by atoms with Crippen LogP contribution in [0.1, 0.15) is 29.8 Å². The number of nitrogens with two attached hydrogens (primary N) is 1. The zero-order chi connectivity index (χ0) is 23.4. The van der Waals surface area contributed by atoms with Gasteiger partial charge >= 0.3 is 6.01 Å². The molecular weight excluding hydrogens is 431 g/mol. The van der Waals surface area contributed by atoms with Crippen LogP contribution in [0.5, 0.6) is 11.8 Å². The molecule has 1 aliphatic heterocycles. The molecule has 3 unspecified atom stereocenters. The molecule has 8 heteroatoms. The second-order valence-electron chi connectivity index (χ2n) is 9.70. The standard InChI is InChI=1S/C26H29FN6O/c1-14-3-6-18(11-30-14)34-26-31-23-9-19-20(7-17(27)8-22(19)29-2)24(23)25(32-26)33-12-16-5-4-15(10-28)21(16)13-33/h3,6-8,11,15-16,21,29H,4-5,9-10,12-13,28H2,1-2H3. The highest BCUT2D eigenvalue weighted by Gasteiger charge is 2.43. The molecule has 176 valence electrons. The van der Waals surface area contributed by atoms with Gasteiger partial charge in [0, 0.05) is 43.5 Å². The Hall–Kier alpha value is -3.26. The largest absolute Gasteiger partial charge is 0.423 e. The summed E-state index contributed by atoms with van der Waals surface area (Å²) in [6.45, 7) is 4.50. The number of pyridine rings is 1. The molecule has 6 rings (SSSR count). The maximum Gasteiger partial charge on any atom is 0.324 e. The molecule has 0 radical (unpaired) electrons. The lowest BCUT2D eigenvalue weighted by Crippen LogP contribution is -2.27. The van der Waals surface area contributed by atoms with E-state index in [0.717, 1.165) is 59.2 Å². The fourth-order valence-corrected chi connectivity index (χ4v) is 6.05. The van der Waals surface area contributed by atoms with E-state index in [2.05, 4.69) is 15.2 Å². The molecule has 3 aromatic rings. The van der Waals surface area contributed by atoms with Gasteiger partial charge < -0.3 is 20.7 Å². The number of fused-ring (bicyclic) bond motifs is 4. The number of nitrogens with one attached hydrogen (secondary N) is 1. The van der Waals surface area contributed by atoms with E-state index < -0.39 is 0 Å². The number of anilines is 2. The maximum atomic E-state index is 14.6. The monoisotopic (exact) mass is 460 g/mol. The van der Waals surface area contributed by atoms with Gasteiger partial charge in [-0.3, -0.25) is 4.98 Å². The van der Waals surface area contributed by atoms with Gasteiger partial charge in [-0.25, -0.2) is 4.39 Å². The maximum absolute atomic E-state index is 14.6. The Morgan fingerprint density at radius 3 is 2.85 bits per heavy atom. The molecule has 3 aliphatic rings. The molecule has 0 bridgehead atoms. The predicted octanol–water partition coefficient (Wildman–Crippen LogP) is 4.15. The van der Waals surface area contributed by atoms with Crippen LogP contribution in [-0.4, -0.2) is 41.6 Å². The Morgan fingerprint density at radius 1 is 1.21 bits per heavy atom. The lowest BCUT2D eigenvalue weighted by molar-refractivity contribution is 0.385. The molecule has 3 atom stereocenters. The summed E-state index contributed by atoms with van der Waals surface area (Å²) in [5, 5.41) is 3.14. The predicted molar refractivity (Wildman–Crippen MR) is 130 cm³/mol. The summed E-state index contributed by atoms with van der Waals surface area (Å²) >= 11 is 0. The molecule has 2 fully saturated rings. The molecule has 7 nitrogen and oxygen atoms in total. The second kappa shape index (κ2) is 8.20. The summed E-state index contributed by atoms with van der Waals surface area (Å²) in [6, 6.07) is 7.22. The van der Waals surface area contributed by atoms with Gasteiger partial charge in [-0.2, -0.15) is 9.97 Å². The van der Waals surface area contributed by atoms with Gasteiger partial charge in [-0.15, -0.1) is 0 Å². The molecule has 2 aliphatic carbocycles. The molecule has 1 saturated heterocycles. The van der Waals surface area contributed by atoms with E-state index in [4.69, 9.17) is 20.4 Å². The zero-order valence-electron chi connectivity index (χ0n) is 19.5. The summed E-state index contributed by atoms with van der Waals surface area (Å²) in [4.78, 5) is 16.3. The summed E-state index contributed by atoms with van der Waals surface area (Å²) in [7, 11) is 1.82. The SMILES string of the molecule is CNc1cc(F)cc2c1Cc1nc(Oc3ccc(C)nc3)nc(N3CC4CCC(CN)C4C3)c1-2. The summed E-state index contributed by atoms with van der Waals surface area (Å²) in [5.74, 6) is 2.90. The lowest BCUT2D eigenvalue weighted by Gasteiger charge is -2.23. The van der Waals surface area contributed by atoms with Crippen molar-refractivity contribution in [2.45, 2.75) is 26.2 Å². The van der Waals surface area contributed by atoms with Crippen LogP contribution in [0.25, 0.3) is 11.1 Å². The van der Waals surface area contributed by atoms with Crippen molar-refractivity contribution in [2.24, 2.45) is 23.5 Å². The van der Waals surface area contributed by atoms with Gasteiger partial charge in [-0.05, 0) is 79.5 Å². The molecule has 1 aromatic carbocycles. The molecule has 3 heterocycles. The molecule has 0 spiro atoms. The summed E-state index contributed by atoms with van der Waals surface area (Å²) in [6.07, 6.45) is 4.69. The quantitative estimate of drug-likeness (QED) is 0.463. The average molecular weight is 461 g/mol. The summed E-state index contributed by atoms with van der Waals surface area (Å²) in [5.41, 5.74) is 11.5. The molecular formula is C26H29FN6O. The molecule has 3 N–H and O–H groups in total. The smallest absolute Gasteiger partial charge is 0.324 e. The van der Waals surface area contributed by atoms with Crippen LogP contribution in [0, 0.1) is 30.5 Å². The minimum Gasteiger partial charge on any atom is -0.423 e. The van der Waals surface area contributed by atoms with Gasteiger partial charge in [0.1, 0.15) is 17.4 Å². The highest BCUT2D eigenvalue weighted by Crippen LogP contribution is 2.49. The summed E-state index contributed by atoms with van der Waals surface area (Å²) < 4.78 is 20.6. The first kappa shape index (κ1) is 21.3. The van der Waals surface area contributed by atoms with E-state index in [0.29, 0.717) is 35.9 Å². The Kier molecular flexibility index (Phi) is 5.13. The van der Waals surface area contributed by atoms with Gasteiger partial charge in [0.05, 0.1) is 11.9 Å². The Morgan fingerprint density at radius 2 is 2.09 bits per heavy atom. The average Bonchev–Trinajstić information content (AvgIpc) is 3.52. The number of rotatable bonds is 5. The van der Waals surface area contributed by atoms with E-state index in [1.807, 2.05) is 26.1 Å². The first-order valence-corrected chi connectivity index (χ1v) is 12.0. The van der Waals surface area contributed by atoms with E-state index in [9.17, 15) is 4.39 Å². The van der Waals surface area contributed by atoms with Crippen molar-refractivity contribution in [2.75, 3.05) is 36.9 Å². The van der Waals surface area contributed by atoms with Gasteiger partial charge in [0.25, 0.3) is 0 Å². The third kappa shape index (κ3) is 3.48. The van der Waals surface area contributed by atoms with Gasteiger partial charge in [-0.1, -0.05) is 0 Å². The van der Waals surface area contributed by atoms with Crippen LogP contribution in [0.15, 0.2) is 30.5 Å². The number of hydrogen-bond acceptors (Lipinski definition) is 7. The van der Waals surface area contributed by atoms with Crippen LogP contribution in [-0.2, 0) is 6.42 Å². The number of nitrogens with zero attached hydrogens (tertiary/aromatic N) is 4. The molecule has 1 saturated carbocycles. The first-order chi connectivity index (χ1) is 16.5. The number of aromatic nitrogens is 3. The fourth-order valence-electron chi connectivity index (χ4n) is 6.05. The van der Waals surface area contributed by atoms with Gasteiger partial charge in [0.15, 0.2) is 0 Å². The highest BCUT2D eigenvalue weighted by molar-refractivity contribution is 5.88. The molecule has 34 heavy (non-hydrogen) atoms. The third-order valence-electron chi connectivity index (χ3n) is 7.74. The lowest BCUT2D eigenvalue weighted by atomic mass is 9.93. The van der Waals surface area contributed by atoms with Crippen molar-refractivity contribution in [3.8, 4) is 22.9 Å². The topological polar surface area (TPSA) is 89.2 Å². The van der Waals surface area contributed by atoms with Crippen molar-refractivity contribution in [3.63, 3.8) is 0 Å². The number of halogens is 1. The van der Waals surface area contributed by atoms with Crippen LogP contribution >= 0.6 is 0 Å². The highest BCUT2D eigenvalue weighted by atomic mass is 19.1.